The van der Waals surface area contributed by atoms with E-state index >= 15 is 0 Å². The summed E-state index contributed by atoms with van der Waals surface area (Å²) in [6.07, 6.45) is 1.94. The van der Waals surface area contributed by atoms with E-state index in [1.165, 1.54) is 13.2 Å². The highest BCUT2D eigenvalue weighted by Crippen LogP contribution is 2.24. The summed E-state index contributed by atoms with van der Waals surface area (Å²) in [7, 11) is 1.51. The molecule has 1 aromatic carbocycles. The summed E-state index contributed by atoms with van der Waals surface area (Å²) in [5.74, 6) is -0.703. The molecule has 1 aromatic rings. The predicted molar refractivity (Wildman–Crippen MR) is 82.7 cm³/mol. The van der Waals surface area contributed by atoms with Gasteiger partial charge < -0.3 is 20.1 Å². The summed E-state index contributed by atoms with van der Waals surface area (Å²) in [6.45, 7) is 2.27. The number of nitrogens with one attached hydrogen (secondary N) is 1. The Labute approximate surface area is 130 Å². The molecule has 1 aliphatic rings. The highest BCUT2D eigenvalue weighted by molar-refractivity contribution is 5.94. The van der Waals surface area contributed by atoms with Gasteiger partial charge in [0.25, 0.3) is 5.91 Å². The van der Waals surface area contributed by atoms with E-state index in [0.29, 0.717) is 24.2 Å². The van der Waals surface area contributed by atoms with E-state index < -0.39 is 6.10 Å². The van der Waals surface area contributed by atoms with Crippen LogP contribution in [0.15, 0.2) is 18.2 Å². The summed E-state index contributed by atoms with van der Waals surface area (Å²) < 4.78 is 18.9. The Morgan fingerprint density at radius 1 is 1.45 bits per heavy atom. The molecule has 2 rings (SSSR count). The van der Waals surface area contributed by atoms with Crippen LogP contribution in [0.3, 0.4) is 0 Å². The second kappa shape index (κ2) is 8.10. The zero-order valence-corrected chi connectivity index (χ0v) is 12.8. The third-order valence-electron chi connectivity index (χ3n) is 3.78. The summed E-state index contributed by atoms with van der Waals surface area (Å²) in [5, 5.41) is 12.2. The van der Waals surface area contributed by atoms with Crippen LogP contribution in [0.25, 0.3) is 0 Å². The number of aliphatic hydroxyl groups excluding tert-OH is 1. The number of carbonyl (C=O) groups excluding carboxylic acids is 1. The van der Waals surface area contributed by atoms with E-state index in [1.54, 1.807) is 12.1 Å². The maximum Gasteiger partial charge on any atom is 0.251 e. The first-order chi connectivity index (χ1) is 10.6. The number of halogens is 1. The maximum absolute atomic E-state index is 14.1. The molecule has 1 unspecified atom stereocenters. The van der Waals surface area contributed by atoms with Crippen molar-refractivity contribution in [2.45, 2.75) is 25.4 Å². The zero-order chi connectivity index (χ0) is 15.9. The Hall–Kier alpha value is -1.66. The number of rotatable bonds is 7. The number of benzene rings is 1. The smallest absolute Gasteiger partial charge is 0.251 e. The summed E-state index contributed by atoms with van der Waals surface area (Å²) in [5.41, 5.74) is 0.853. The molecule has 0 spiro atoms. The van der Waals surface area contributed by atoms with Crippen molar-refractivity contribution in [2.24, 2.45) is 0 Å². The van der Waals surface area contributed by atoms with Gasteiger partial charge in [-0.2, -0.15) is 0 Å². The number of carbonyl (C=O) groups is 1. The van der Waals surface area contributed by atoms with Crippen LogP contribution >= 0.6 is 0 Å². The number of hydrogen-bond acceptors (Lipinski definition) is 4. The number of aliphatic hydroxyl groups is 1. The summed E-state index contributed by atoms with van der Waals surface area (Å²) in [4.78, 5) is 14.0. The Balaban J connectivity index is 1.89. The van der Waals surface area contributed by atoms with Crippen molar-refractivity contribution < 1.29 is 19.0 Å². The maximum atomic E-state index is 14.1. The first-order valence-electron chi connectivity index (χ1n) is 7.61. The van der Waals surface area contributed by atoms with Crippen LogP contribution in [0.1, 0.15) is 29.6 Å². The number of methoxy groups -OCH3 is 1. The number of amides is 1. The molecule has 0 bridgehead atoms. The Bertz CT molecular complexity index is 504. The van der Waals surface area contributed by atoms with Crippen LogP contribution in [0, 0.1) is 5.82 Å². The van der Waals surface area contributed by atoms with E-state index in [4.69, 9.17) is 4.74 Å². The minimum absolute atomic E-state index is 0.231. The van der Waals surface area contributed by atoms with Crippen molar-refractivity contribution in [3.8, 4) is 0 Å². The van der Waals surface area contributed by atoms with Crippen LogP contribution in [-0.4, -0.2) is 50.5 Å². The fraction of sp³-hybridized carbons (Fsp3) is 0.562. The molecule has 0 saturated carbocycles. The van der Waals surface area contributed by atoms with Gasteiger partial charge in [-0.3, -0.25) is 4.79 Å². The van der Waals surface area contributed by atoms with Crippen molar-refractivity contribution in [3.63, 3.8) is 0 Å². The molecule has 0 aromatic heterocycles. The summed E-state index contributed by atoms with van der Waals surface area (Å²) >= 11 is 0. The molecular formula is C16H23FN2O3. The molecule has 5 nitrogen and oxygen atoms in total. The van der Waals surface area contributed by atoms with Crippen LogP contribution < -0.4 is 10.2 Å². The molecule has 1 saturated heterocycles. The standard InChI is InChI=1S/C16H23FN2O3/c1-22-11-13(20)6-7-18-16(21)12-4-5-15(14(17)10-12)19-8-2-3-9-19/h4-5,10,13,20H,2-3,6-9,11H2,1H3,(H,18,21). The van der Waals surface area contributed by atoms with Gasteiger partial charge in [0, 0.05) is 32.3 Å². The molecule has 1 fully saturated rings. The SMILES string of the molecule is COCC(O)CCNC(=O)c1ccc(N2CCCC2)c(F)c1. The lowest BCUT2D eigenvalue weighted by atomic mass is 10.1. The third kappa shape index (κ3) is 4.42. The minimum Gasteiger partial charge on any atom is -0.391 e. The number of anilines is 1. The van der Waals surface area contributed by atoms with Gasteiger partial charge in [-0.1, -0.05) is 0 Å². The van der Waals surface area contributed by atoms with Crippen molar-refractivity contribution in [1.29, 1.82) is 0 Å². The van der Waals surface area contributed by atoms with Gasteiger partial charge in [0.05, 0.1) is 18.4 Å². The van der Waals surface area contributed by atoms with Gasteiger partial charge in [0.15, 0.2) is 0 Å². The number of hydrogen-bond donors (Lipinski definition) is 2. The predicted octanol–water partition coefficient (Wildman–Crippen LogP) is 1.55. The van der Waals surface area contributed by atoms with Gasteiger partial charge in [-0.25, -0.2) is 4.39 Å². The molecule has 1 aliphatic heterocycles. The fourth-order valence-electron chi connectivity index (χ4n) is 2.59. The lowest BCUT2D eigenvalue weighted by Gasteiger charge is -2.18. The molecule has 22 heavy (non-hydrogen) atoms. The average molecular weight is 310 g/mol. The number of nitrogens with zero attached hydrogens (tertiary/aromatic N) is 1. The van der Waals surface area contributed by atoms with E-state index in [0.717, 1.165) is 25.9 Å². The van der Waals surface area contributed by atoms with Gasteiger partial charge >= 0.3 is 0 Å². The topological polar surface area (TPSA) is 61.8 Å². The van der Waals surface area contributed by atoms with E-state index in [1.807, 2.05) is 4.90 Å². The van der Waals surface area contributed by atoms with Gasteiger partial charge in [0.2, 0.25) is 0 Å². The molecule has 1 atom stereocenters. The average Bonchev–Trinajstić information content (AvgIpc) is 3.01. The fourth-order valence-corrected chi connectivity index (χ4v) is 2.59. The van der Waals surface area contributed by atoms with Gasteiger partial charge in [-0.15, -0.1) is 0 Å². The van der Waals surface area contributed by atoms with Gasteiger partial charge in [-0.05, 0) is 37.5 Å². The number of ether oxygens (including phenoxy) is 1. The first kappa shape index (κ1) is 16.7. The van der Waals surface area contributed by atoms with Crippen LogP contribution in [0.4, 0.5) is 10.1 Å². The van der Waals surface area contributed by atoms with Crippen LogP contribution in [-0.2, 0) is 4.74 Å². The Morgan fingerprint density at radius 3 is 2.82 bits per heavy atom. The van der Waals surface area contributed by atoms with Gasteiger partial charge in [0.1, 0.15) is 5.82 Å². The van der Waals surface area contributed by atoms with Crippen molar-refractivity contribution >= 4 is 11.6 Å². The normalized spacial score (nSPS) is 15.9. The summed E-state index contributed by atoms with van der Waals surface area (Å²) in [6, 6.07) is 4.57. The van der Waals surface area contributed by atoms with E-state index in [-0.39, 0.29) is 18.3 Å². The molecule has 0 aliphatic carbocycles. The van der Waals surface area contributed by atoms with Crippen molar-refractivity contribution in [3.05, 3.63) is 29.6 Å². The quantitative estimate of drug-likeness (QED) is 0.802. The van der Waals surface area contributed by atoms with E-state index in [2.05, 4.69) is 5.32 Å². The lowest BCUT2D eigenvalue weighted by Crippen LogP contribution is -2.28. The Kier molecular flexibility index (Phi) is 6.15. The largest absolute Gasteiger partial charge is 0.391 e. The van der Waals surface area contributed by atoms with Crippen LogP contribution in [0.2, 0.25) is 0 Å². The first-order valence-corrected chi connectivity index (χ1v) is 7.61. The zero-order valence-electron chi connectivity index (χ0n) is 12.8. The molecule has 1 heterocycles. The molecule has 2 N–H and O–H groups in total. The van der Waals surface area contributed by atoms with Crippen molar-refractivity contribution in [1.82, 2.24) is 5.32 Å². The molecule has 122 valence electrons. The molecule has 1 amide bonds. The molecular weight excluding hydrogens is 287 g/mol. The van der Waals surface area contributed by atoms with E-state index in [9.17, 15) is 14.3 Å². The minimum atomic E-state index is -0.612. The molecule has 0 radical (unpaired) electrons. The second-order valence-electron chi connectivity index (χ2n) is 5.51. The Morgan fingerprint density at radius 2 is 2.18 bits per heavy atom. The highest BCUT2D eigenvalue weighted by atomic mass is 19.1. The molecule has 6 heteroatoms. The third-order valence-corrected chi connectivity index (χ3v) is 3.78. The second-order valence-corrected chi connectivity index (χ2v) is 5.51. The monoisotopic (exact) mass is 310 g/mol. The van der Waals surface area contributed by atoms with Crippen LogP contribution in [0.5, 0.6) is 0 Å². The lowest BCUT2D eigenvalue weighted by molar-refractivity contribution is 0.0587. The highest BCUT2D eigenvalue weighted by Gasteiger charge is 2.17. The van der Waals surface area contributed by atoms with Crippen molar-refractivity contribution in [2.75, 3.05) is 38.3 Å².